The molecule has 1 aromatic rings. The van der Waals surface area contributed by atoms with Gasteiger partial charge in [-0.25, -0.2) is 0 Å². The highest BCUT2D eigenvalue weighted by atomic mass is 16.8. The number of rotatable bonds is 8. The maximum Gasteiger partial charge on any atom is 0.308 e. The number of benzene rings is 1. The Kier molecular flexibility index (Phi) is 6.93. The van der Waals surface area contributed by atoms with Crippen LogP contribution in [0.3, 0.4) is 0 Å². The summed E-state index contributed by atoms with van der Waals surface area (Å²) in [7, 11) is 1.64. The molecule has 0 spiro atoms. The molecule has 0 saturated carbocycles. The van der Waals surface area contributed by atoms with Crippen LogP contribution in [-0.4, -0.2) is 56.5 Å². The summed E-state index contributed by atoms with van der Waals surface area (Å²) in [5.41, 5.74) is 1.05. The third kappa shape index (κ3) is 5.44. The predicted molar refractivity (Wildman–Crippen MR) is 101 cm³/mol. The van der Waals surface area contributed by atoms with Crippen LogP contribution in [0.25, 0.3) is 0 Å². The molecule has 7 nitrogen and oxygen atoms in total. The topological polar surface area (TPSA) is 72.5 Å². The van der Waals surface area contributed by atoms with Crippen LogP contribution in [-0.2, 0) is 35.1 Å². The SMILES string of the molecule is CCOC(=O)C[C@@H]1O[C@H](COCc2ccc(OC)cc2)C[C@H]2OC(C)(C)O[C@@H]12. The summed E-state index contributed by atoms with van der Waals surface area (Å²) in [6.45, 7) is 6.78. The van der Waals surface area contributed by atoms with Gasteiger partial charge in [0.15, 0.2) is 5.79 Å². The lowest BCUT2D eigenvalue weighted by atomic mass is 9.96. The number of carbonyl (C=O) groups excluding carboxylic acids is 1. The summed E-state index contributed by atoms with van der Waals surface area (Å²) < 4.78 is 34.2. The Labute approximate surface area is 166 Å². The lowest BCUT2D eigenvalue weighted by molar-refractivity contribution is -0.175. The maximum atomic E-state index is 12.0. The molecule has 156 valence electrons. The molecule has 0 N–H and O–H groups in total. The highest BCUT2D eigenvalue weighted by Gasteiger charge is 2.50. The van der Waals surface area contributed by atoms with Gasteiger partial charge in [-0.1, -0.05) is 12.1 Å². The lowest BCUT2D eigenvalue weighted by Gasteiger charge is -2.36. The molecule has 0 aromatic heterocycles. The van der Waals surface area contributed by atoms with E-state index in [0.29, 0.717) is 26.2 Å². The van der Waals surface area contributed by atoms with Crippen molar-refractivity contribution < 1.29 is 33.2 Å². The van der Waals surface area contributed by atoms with Crippen molar-refractivity contribution in [3.8, 4) is 5.75 Å². The predicted octanol–water partition coefficient (Wildman–Crippen LogP) is 2.84. The van der Waals surface area contributed by atoms with E-state index in [-0.39, 0.29) is 30.7 Å². The molecule has 0 radical (unpaired) electrons. The molecule has 4 atom stereocenters. The average molecular weight is 394 g/mol. The van der Waals surface area contributed by atoms with Crippen molar-refractivity contribution in [3.63, 3.8) is 0 Å². The molecule has 2 fully saturated rings. The third-order valence-electron chi connectivity index (χ3n) is 4.86. The van der Waals surface area contributed by atoms with E-state index in [1.54, 1.807) is 14.0 Å². The Morgan fingerprint density at radius 2 is 1.96 bits per heavy atom. The van der Waals surface area contributed by atoms with Crippen molar-refractivity contribution in [3.05, 3.63) is 29.8 Å². The van der Waals surface area contributed by atoms with Gasteiger partial charge in [-0.05, 0) is 38.5 Å². The van der Waals surface area contributed by atoms with Crippen LogP contribution in [0.4, 0.5) is 0 Å². The Bertz CT molecular complexity index is 643. The maximum absolute atomic E-state index is 12.0. The average Bonchev–Trinajstić information content (AvgIpc) is 2.97. The van der Waals surface area contributed by atoms with Crippen molar-refractivity contribution in [1.82, 2.24) is 0 Å². The summed E-state index contributed by atoms with van der Waals surface area (Å²) in [6, 6.07) is 7.75. The van der Waals surface area contributed by atoms with Crippen LogP contribution < -0.4 is 4.74 Å². The van der Waals surface area contributed by atoms with E-state index in [1.807, 2.05) is 38.1 Å². The number of hydrogen-bond acceptors (Lipinski definition) is 7. The summed E-state index contributed by atoms with van der Waals surface area (Å²) in [6.07, 6.45) is -0.181. The second kappa shape index (κ2) is 9.22. The summed E-state index contributed by atoms with van der Waals surface area (Å²) in [5.74, 6) is -0.169. The van der Waals surface area contributed by atoms with E-state index in [0.717, 1.165) is 11.3 Å². The fraction of sp³-hybridized carbons (Fsp3) is 0.667. The van der Waals surface area contributed by atoms with Gasteiger partial charge in [0.05, 0.1) is 51.7 Å². The zero-order valence-electron chi connectivity index (χ0n) is 17.0. The second-order valence-electron chi connectivity index (χ2n) is 7.54. The van der Waals surface area contributed by atoms with Gasteiger partial charge in [-0.3, -0.25) is 4.79 Å². The summed E-state index contributed by atoms with van der Waals surface area (Å²) >= 11 is 0. The molecule has 2 saturated heterocycles. The highest BCUT2D eigenvalue weighted by molar-refractivity contribution is 5.70. The van der Waals surface area contributed by atoms with Crippen LogP contribution in [0.15, 0.2) is 24.3 Å². The van der Waals surface area contributed by atoms with Crippen LogP contribution in [0.5, 0.6) is 5.75 Å². The van der Waals surface area contributed by atoms with Crippen molar-refractivity contribution in [2.75, 3.05) is 20.3 Å². The summed E-state index contributed by atoms with van der Waals surface area (Å²) in [4.78, 5) is 12.0. The Hall–Kier alpha value is -1.67. The Balaban J connectivity index is 1.56. The number of hydrogen-bond donors (Lipinski definition) is 0. The number of carbonyl (C=O) groups is 1. The smallest absolute Gasteiger partial charge is 0.308 e. The molecule has 0 aliphatic carbocycles. The van der Waals surface area contributed by atoms with Crippen molar-refractivity contribution in [2.24, 2.45) is 0 Å². The number of ether oxygens (including phenoxy) is 6. The minimum absolute atomic E-state index is 0.127. The van der Waals surface area contributed by atoms with Crippen LogP contribution >= 0.6 is 0 Å². The van der Waals surface area contributed by atoms with Crippen molar-refractivity contribution in [2.45, 2.75) is 70.4 Å². The molecule has 2 aliphatic heterocycles. The molecular formula is C21H30O7. The first-order chi connectivity index (χ1) is 13.4. The lowest BCUT2D eigenvalue weighted by Crippen LogP contribution is -2.48. The molecule has 3 rings (SSSR count). The van der Waals surface area contributed by atoms with Crippen molar-refractivity contribution in [1.29, 1.82) is 0 Å². The first kappa shape index (κ1) is 21.0. The van der Waals surface area contributed by atoms with Gasteiger partial charge in [0, 0.05) is 6.42 Å². The Morgan fingerprint density at radius 1 is 1.21 bits per heavy atom. The molecule has 0 amide bonds. The van der Waals surface area contributed by atoms with Gasteiger partial charge in [-0.2, -0.15) is 0 Å². The molecular weight excluding hydrogens is 364 g/mol. The summed E-state index contributed by atoms with van der Waals surface area (Å²) in [5, 5.41) is 0. The number of esters is 1. The van der Waals surface area contributed by atoms with Crippen LogP contribution in [0.1, 0.15) is 39.2 Å². The van der Waals surface area contributed by atoms with Gasteiger partial charge < -0.3 is 28.4 Å². The molecule has 2 heterocycles. The first-order valence-corrected chi connectivity index (χ1v) is 9.77. The zero-order valence-corrected chi connectivity index (χ0v) is 17.0. The van der Waals surface area contributed by atoms with E-state index in [2.05, 4.69) is 0 Å². The largest absolute Gasteiger partial charge is 0.497 e. The monoisotopic (exact) mass is 394 g/mol. The number of methoxy groups -OCH3 is 1. The minimum Gasteiger partial charge on any atom is -0.497 e. The number of fused-ring (bicyclic) bond motifs is 1. The van der Waals surface area contributed by atoms with Crippen molar-refractivity contribution >= 4 is 5.97 Å². The minimum atomic E-state index is -0.690. The quantitative estimate of drug-likeness (QED) is 0.628. The molecule has 28 heavy (non-hydrogen) atoms. The van der Waals surface area contributed by atoms with Gasteiger partial charge >= 0.3 is 5.97 Å². The van der Waals surface area contributed by atoms with Gasteiger partial charge in [0.1, 0.15) is 11.9 Å². The van der Waals surface area contributed by atoms with Gasteiger partial charge in [0.2, 0.25) is 0 Å². The van der Waals surface area contributed by atoms with E-state index in [9.17, 15) is 4.79 Å². The molecule has 7 heteroatoms. The van der Waals surface area contributed by atoms with Crippen LogP contribution in [0.2, 0.25) is 0 Å². The molecule has 1 aromatic carbocycles. The first-order valence-electron chi connectivity index (χ1n) is 9.77. The molecule has 2 aliphatic rings. The fourth-order valence-electron chi connectivity index (χ4n) is 3.69. The normalized spacial score (nSPS) is 28.6. The van der Waals surface area contributed by atoms with E-state index < -0.39 is 11.9 Å². The van der Waals surface area contributed by atoms with Gasteiger partial charge in [0.25, 0.3) is 0 Å². The fourth-order valence-corrected chi connectivity index (χ4v) is 3.69. The van der Waals surface area contributed by atoms with E-state index in [4.69, 9.17) is 28.4 Å². The molecule has 0 unspecified atom stereocenters. The van der Waals surface area contributed by atoms with E-state index >= 15 is 0 Å². The highest BCUT2D eigenvalue weighted by Crippen LogP contribution is 2.38. The Morgan fingerprint density at radius 3 is 2.64 bits per heavy atom. The second-order valence-corrected chi connectivity index (χ2v) is 7.54. The van der Waals surface area contributed by atoms with Gasteiger partial charge in [-0.15, -0.1) is 0 Å². The van der Waals surface area contributed by atoms with E-state index in [1.165, 1.54) is 0 Å². The zero-order chi connectivity index (χ0) is 20.1. The third-order valence-corrected chi connectivity index (χ3v) is 4.86. The van der Waals surface area contributed by atoms with Crippen LogP contribution in [0, 0.1) is 0 Å². The standard InChI is InChI=1S/C21H30O7/c1-5-25-19(22)11-17-20-18(27-21(2,3)28-20)10-16(26-17)13-24-12-14-6-8-15(23-4)9-7-14/h6-9,16-18,20H,5,10-13H2,1-4H3/t16-,17-,18+,20-/m0/s1. The molecule has 0 bridgehead atoms.